The van der Waals surface area contributed by atoms with Crippen molar-refractivity contribution in [3.05, 3.63) is 271 Å². The molecule has 67 heavy (non-hydrogen) atoms. The van der Waals surface area contributed by atoms with E-state index in [9.17, 15) is 0 Å². The van der Waals surface area contributed by atoms with Crippen LogP contribution < -0.4 is 9.80 Å². The van der Waals surface area contributed by atoms with E-state index < -0.39 is 5.41 Å². The van der Waals surface area contributed by atoms with Gasteiger partial charge >= 0.3 is 0 Å². The summed E-state index contributed by atoms with van der Waals surface area (Å²) in [6, 6.07) is 89.3. The van der Waals surface area contributed by atoms with Gasteiger partial charge in [0, 0.05) is 45.3 Å². The van der Waals surface area contributed by atoms with Crippen molar-refractivity contribution in [1.82, 2.24) is 4.98 Å². The highest BCUT2D eigenvalue weighted by Gasteiger charge is 2.47. The van der Waals surface area contributed by atoms with Gasteiger partial charge in [-0.2, -0.15) is 0 Å². The second-order valence-corrected chi connectivity index (χ2v) is 18.1. The van der Waals surface area contributed by atoms with Crippen LogP contribution in [-0.4, -0.2) is 4.98 Å². The summed E-state index contributed by atoms with van der Waals surface area (Å²) in [7, 11) is 0. The lowest BCUT2D eigenvalue weighted by Crippen LogP contribution is -2.28. The number of nitrogens with zero attached hydrogens (tertiary/aromatic N) is 3. The number of rotatable bonds is 9. The molecule has 0 N–H and O–H groups in total. The SMILES string of the molecule is c1ccc(N(c2ccc3c(c2)oc2cccc(N(c4ccccc4)c4ccc(-c5nc6ccccc6s5)cc4)c23)c2cccc3c2-c2ccccc2C3(c2ccccc2)c2ccccc2)cc1. The molecule has 10 aromatic carbocycles. The van der Waals surface area contributed by atoms with Crippen LogP contribution in [-0.2, 0) is 5.41 Å². The van der Waals surface area contributed by atoms with Crippen molar-refractivity contribution in [3.8, 4) is 21.7 Å². The van der Waals surface area contributed by atoms with Crippen LogP contribution in [0.5, 0.6) is 0 Å². The number of hydrogen-bond donors (Lipinski definition) is 0. The second-order valence-electron chi connectivity index (χ2n) is 17.0. The van der Waals surface area contributed by atoms with E-state index in [0.717, 1.165) is 72.2 Å². The molecule has 1 aliphatic carbocycles. The Hall–Kier alpha value is -8.51. The average molecular weight is 876 g/mol. The van der Waals surface area contributed by atoms with Crippen LogP contribution in [0.3, 0.4) is 0 Å². The monoisotopic (exact) mass is 875 g/mol. The van der Waals surface area contributed by atoms with Crippen LogP contribution in [0.15, 0.2) is 253 Å². The molecular weight excluding hydrogens is 835 g/mol. The van der Waals surface area contributed by atoms with E-state index in [2.05, 4.69) is 252 Å². The number of fused-ring (bicyclic) bond motifs is 7. The standard InChI is InChI=1S/C62H41N3OS/c1-5-19-43(20-6-1)62(44-21-7-2-8-22-44)51-28-14-13-27-49(51)59-52(62)29-17-31-54(59)65(46-25-11-4-12-26-46)48-39-40-50-57(41-48)66-56-33-18-32-55(60(50)56)64(45-23-9-3-10-24-45)47-37-35-42(36-38-47)61-63-53-30-15-16-34-58(53)67-61/h1-41H. The molecule has 12 aromatic rings. The molecule has 5 heteroatoms. The van der Waals surface area contributed by atoms with Crippen LogP contribution in [0.4, 0.5) is 34.1 Å². The zero-order valence-electron chi connectivity index (χ0n) is 36.3. The van der Waals surface area contributed by atoms with Gasteiger partial charge in [-0.3, -0.25) is 0 Å². The Morgan fingerprint density at radius 2 is 0.970 bits per heavy atom. The van der Waals surface area contributed by atoms with E-state index in [4.69, 9.17) is 9.40 Å². The van der Waals surface area contributed by atoms with Gasteiger partial charge < -0.3 is 14.2 Å². The fourth-order valence-corrected chi connectivity index (χ4v) is 11.5. The third-order valence-corrected chi connectivity index (χ3v) is 14.4. The first-order valence-electron chi connectivity index (χ1n) is 22.7. The summed E-state index contributed by atoms with van der Waals surface area (Å²) in [5.41, 5.74) is 17.0. The Morgan fingerprint density at radius 1 is 0.418 bits per heavy atom. The molecule has 0 aliphatic heterocycles. The van der Waals surface area contributed by atoms with Gasteiger partial charge in [0.15, 0.2) is 0 Å². The summed E-state index contributed by atoms with van der Waals surface area (Å²) < 4.78 is 8.11. The summed E-state index contributed by atoms with van der Waals surface area (Å²) in [5.74, 6) is 0. The van der Waals surface area contributed by atoms with Gasteiger partial charge in [-0.25, -0.2) is 4.98 Å². The van der Waals surface area contributed by atoms with E-state index in [1.165, 1.54) is 38.1 Å². The minimum atomic E-state index is -0.521. The lowest BCUT2D eigenvalue weighted by molar-refractivity contribution is 0.669. The molecule has 2 aromatic heterocycles. The highest BCUT2D eigenvalue weighted by Crippen LogP contribution is 2.59. The molecular formula is C62H41N3OS. The Bertz CT molecular complexity index is 3680. The number of aromatic nitrogens is 1. The largest absolute Gasteiger partial charge is 0.456 e. The van der Waals surface area contributed by atoms with Crippen LogP contribution in [0.1, 0.15) is 22.3 Å². The molecule has 0 saturated heterocycles. The van der Waals surface area contributed by atoms with Gasteiger partial charge in [0.1, 0.15) is 16.2 Å². The molecule has 0 amide bonds. The maximum Gasteiger partial charge on any atom is 0.137 e. The molecule has 1 aliphatic rings. The highest BCUT2D eigenvalue weighted by molar-refractivity contribution is 7.21. The van der Waals surface area contributed by atoms with E-state index in [1.54, 1.807) is 11.3 Å². The van der Waals surface area contributed by atoms with Gasteiger partial charge in [-0.1, -0.05) is 152 Å². The molecule has 4 nitrogen and oxygen atoms in total. The maximum atomic E-state index is 6.92. The first kappa shape index (κ1) is 38.9. The normalized spacial score (nSPS) is 12.6. The summed E-state index contributed by atoms with van der Waals surface area (Å²) >= 11 is 1.72. The van der Waals surface area contributed by atoms with Crippen molar-refractivity contribution in [3.63, 3.8) is 0 Å². The minimum Gasteiger partial charge on any atom is -0.456 e. The number of furan rings is 1. The van der Waals surface area contributed by atoms with E-state index in [1.807, 2.05) is 6.07 Å². The van der Waals surface area contributed by atoms with Gasteiger partial charge in [-0.15, -0.1) is 11.3 Å². The number of hydrogen-bond acceptors (Lipinski definition) is 5. The molecule has 0 bridgehead atoms. The summed E-state index contributed by atoms with van der Waals surface area (Å²) in [5, 5.41) is 3.11. The number of thiazole rings is 1. The lowest BCUT2D eigenvalue weighted by Gasteiger charge is -2.34. The zero-order chi connectivity index (χ0) is 44.3. The second kappa shape index (κ2) is 15.9. The molecule has 0 unspecified atom stereocenters. The van der Waals surface area contributed by atoms with Crippen LogP contribution in [0.25, 0.3) is 53.9 Å². The number of para-hydroxylation sites is 3. The van der Waals surface area contributed by atoms with Crippen molar-refractivity contribution >= 4 is 77.6 Å². The number of anilines is 6. The van der Waals surface area contributed by atoms with Gasteiger partial charge in [0.2, 0.25) is 0 Å². The fourth-order valence-electron chi connectivity index (χ4n) is 10.5. The Morgan fingerprint density at radius 3 is 1.67 bits per heavy atom. The smallest absolute Gasteiger partial charge is 0.137 e. The molecule has 0 radical (unpaired) electrons. The van der Waals surface area contributed by atoms with E-state index >= 15 is 0 Å². The summed E-state index contributed by atoms with van der Waals surface area (Å²) in [6.45, 7) is 0. The molecule has 0 saturated carbocycles. The van der Waals surface area contributed by atoms with Crippen LogP contribution in [0.2, 0.25) is 0 Å². The van der Waals surface area contributed by atoms with Crippen molar-refractivity contribution in [2.45, 2.75) is 5.41 Å². The fraction of sp³-hybridized carbons (Fsp3) is 0.0161. The minimum absolute atomic E-state index is 0.521. The predicted octanol–water partition coefficient (Wildman–Crippen LogP) is 17.2. The topological polar surface area (TPSA) is 32.5 Å². The maximum absolute atomic E-state index is 6.92. The van der Waals surface area contributed by atoms with Crippen molar-refractivity contribution < 1.29 is 4.42 Å². The van der Waals surface area contributed by atoms with E-state index in [-0.39, 0.29) is 0 Å². The third-order valence-electron chi connectivity index (χ3n) is 13.4. The van der Waals surface area contributed by atoms with Crippen molar-refractivity contribution in [1.29, 1.82) is 0 Å². The Labute approximate surface area is 392 Å². The lowest BCUT2D eigenvalue weighted by atomic mass is 9.68. The zero-order valence-corrected chi connectivity index (χ0v) is 37.1. The first-order chi connectivity index (χ1) is 33.2. The van der Waals surface area contributed by atoms with Crippen LogP contribution >= 0.6 is 11.3 Å². The van der Waals surface area contributed by atoms with Gasteiger partial charge in [0.05, 0.1) is 32.4 Å². The molecule has 0 spiro atoms. The van der Waals surface area contributed by atoms with Crippen LogP contribution in [0, 0.1) is 0 Å². The first-order valence-corrected chi connectivity index (χ1v) is 23.5. The molecule has 2 heterocycles. The third kappa shape index (κ3) is 6.24. The van der Waals surface area contributed by atoms with E-state index in [0.29, 0.717) is 0 Å². The summed E-state index contributed by atoms with van der Waals surface area (Å²) in [6.07, 6.45) is 0. The molecule has 0 fully saturated rings. The highest BCUT2D eigenvalue weighted by atomic mass is 32.1. The van der Waals surface area contributed by atoms with Crippen molar-refractivity contribution in [2.24, 2.45) is 0 Å². The quantitative estimate of drug-likeness (QED) is 0.145. The van der Waals surface area contributed by atoms with Gasteiger partial charge in [0.25, 0.3) is 0 Å². The average Bonchev–Trinajstić information content (AvgIpc) is 4.09. The Kier molecular flexibility index (Phi) is 9.22. The predicted molar refractivity (Wildman–Crippen MR) is 279 cm³/mol. The number of benzene rings is 10. The molecule has 13 rings (SSSR count). The molecule has 0 atom stereocenters. The molecule has 316 valence electrons. The Balaban J connectivity index is 0.978. The van der Waals surface area contributed by atoms with Gasteiger partial charge in [-0.05, 0) is 119 Å². The summed E-state index contributed by atoms with van der Waals surface area (Å²) in [4.78, 5) is 9.68. The van der Waals surface area contributed by atoms with Crippen molar-refractivity contribution in [2.75, 3.05) is 9.80 Å².